The lowest BCUT2D eigenvalue weighted by atomic mass is 10.1. The van der Waals surface area contributed by atoms with Crippen LogP contribution in [0.4, 0.5) is 0 Å². The van der Waals surface area contributed by atoms with Crippen LogP contribution in [-0.2, 0) is 30.7 Å². The van der Waals surface area contributed by atoms with Crippen LogP contribution in [0.3, 0.4) is 0 Å². The number of nitrogens with two attached hydrogens (primary N) is 1. The molecule has 0 unspecified atom stereocenters. The van der Waals surface area contributed by atoms with E-state index < -0.39 is 0 Å². The average molecular weight is 433 g/mol. The highest BCUT2D eigenvalue weighted by atomic mass is 35.5. The van der Waals surface area contributed by atoms with Crippen molar-refractivity contribution in [2.45, 2.75) is 44.8 Å². The number of nitrogens with zero attached hydrogens (tertiary/aromatic N) is 4. The number of hydrogen-bond acceptors (Lipinski definition) is 6. The molecule has 4 rings (SSSR count). The van der Waals surface area contributed by atoms with E-state index in [0.29, 0.717) is 24.7 Å². The summed E-state index contributed by atoms with van der Waals surface area (Å²) in [6.45, 7) is 0.525. The summed E-state index contributed by atoms with van der Waals surface area (Å²) in [5.41, 5.74) is 10.2. The van der Waals surface area contributed by atoms with Gasteiger partial charge in [0.15, 0.2) is 5.82 Å². The summed E-state index contributed by atoms with van der Waals surface area (Å²) in [6, 6.07) is 9.76. The third-order valence-electron chi connectivity index (χ3n) is 4.79. The molecule has 2 aromatic heterocycles. The highest BCUT2D eigenvalue weighted by Crippen LogP contribution is 2.32. The summed E-state index contributed by atoms with van der Waals surface area (Å²) >= 11 is 1.51. The van der Waals surface area contributed by atoms with Crippen molar-refractivity contribution >= 4 is 29.7 Å². The maximum absolute atomic E-state index is 12.4. The Morgan fingerprint density at radius 3 is 2.79 bits per heavy atom. The molecule has 0 saturated heterocycles. The summed E-state index contributed by atoms with van der Waals surface area (Å²) < 4.78 is 1.67. The van der Waals surface area contributed by atoms with Crippen molar-refractivity contribution in [2.75, 3.05) is 0 Å². The summed E-state index contributed by atoms with van der Waals surface area (Å²) in [6.07, 6.45) is 3.98. The van der Waals surface area contributed by atoms with E-state index in [-0.39, 0.29) is 30.9 Å². The Balaban J connectivity index is 0.00000240. The van der Waals surface area contributed by atoms with E-state index in [4.69, 9.17) is 5.73 Å². The molecular weight excluding hydrogens is 408 g/mol. The minimum atomic E-state index is -0.311. The second-order valence-electron chi connectivity index (χ2n) is 7.24. The molecule has 0 bridgehead atoms. The number of thiazole rings is 1. The van der Waals surface area contributed by atoms with Crippen molar-refractivity contribution in [1.82, 2.24) is 25.1 Å². The van der Waals surface area contributed by atoms with Crippen LogP contribution in [0, 0.1) is 5.92 Å². The number of aromatic nitrogens is 4. The normalized spacial score (nSPS) is 14.2. The molecule has 1 fully saturated rings. The fourth-order valence-corrected chi connectivity index (χ4v) is 3.68. The van der Waals surface area contributed by atoms with Crippen molar-refractivity contribution in [3.63, 3.8) is 0 Å². The molecule has 1 atom stereocenters. The van der Waals surface area contributed by atoms with Crippen molar-refractivity contribution in [3.8, 4) is 0 Å². The Hall–Kier alpha value is -2.29. The third kappa shape index (κ3) is 6.09. The van der Waals surface area contributed by atoms with Crippen molar-refractivity contribution < 1.29 is 4.79 Å². The van der Waals surface area contributed by atoms with Gasteiger partial charge in [0.05, 0.1) is 23.8 Å². The molecule has 3 aromatic rings. The van der Waals surface area contributed by atoms with E-state index in [9.17, 15) is 4.79 Å². The van der Waals surface area contributed by atoms with Crippen LogP contribution in [0.15, 0.2) is 41.2 Å². The van der Waals surface area contributed by atoms with Gasteiger partial charge in [-0.3, -0.25) is 4.79 Å². The van der Waals surface area contributed by atoms with Gasteiger partial charge in [-0.05, 0) is 30.7 Å². The topological polar surface area (TPSA) is 98.7 Å². The molecule has 1 aromatic carbocycles. The fraction of sp³-hybridized carbons (Fsp3) is 0.400. The minimum absolute atomic E-state index is 0. The number of rotatable bonds is 9. The van der Waals surface area contributed by atoms with Gasteiger partial charge in [0.2, 0.25) is 5.91 Å². The zero-order valence-corrected chi connectivity index (χ0v) is 17.7. The number of hydrogen-bond donors (Lipinski definition) is 2. The van der Waals surface area contributed by atoms with E-state index in [2.05, 4.69) is 20.4 Å². The zero-order chi connectivity index (χ0) is 19.3. The predicted molar refractivity (Wildman–Crippen MR) is 115 cm³/mol. The number of amides is 1. The fourth-order valence-electron chi connectivity index (χ4n) is 3.13. The van der Waals surface area contributed by atoms with Gasteiger partial charge >= 0.3 is 0 Å². The lowest BCUT2D eigenvalue weighted by Gasteiger charge is -2.13. The summed E-state index contributed by atoms with van der Waals surface area (Å²) in [5, 5.41) is 9.40. The molecule has 0 radical (unpaired) electrons. The summed E-state index contributed by atoms with van der Waals surface area (Å²) in [4.78, 5) is 21.3. The Morgan fingerprint density at radius 1 is 1.31 bits per heavy atom. The van der Waals surface area contributed by atoms with E-state index in [0.717, 1.165) is 23.5 Å². The number of halogens is 1. The molecule has 1 saturated carbocycles. The first-order chi connectivity index (χ1) is 13.7. The molecule has 1 aliphatic carbocycles. The Morgan fingerprint density at radius 2 is 2.10 bits per heavy atom. The first-order valence-corrected chi connectivity index (χ1v) is 10.5. The number of carbonyl (C=O) groups excluding carboxylic acids is 1. The van der Waals surface area contributed by atoms with Crippen molar-refractivity contribution in [1.29, 1.82) is 0 Å². The molecule has 1 aliphatic rings. The lowest BCUT2D eigenvalue weighted by Crippen LogP contribution is -2.30. The van der Waals surface area contributed by atoms with Crippen LogP contribution in [0.2, 0.25) is 0 Å². The minimum Gasteiger partial charge on any atom is -0.349 e. The molecule has 2 heterocycles. The van der Waals surface area contributed by atoms with E-state index in [1.54, 1.807) is 10.2 Å². The molecule has 29 heavy (non-hydrogen) atoms. The summed E-state index contributed by atoms with van der Waals surface area (Å²) in [5.74, 6) is 2.01. The van der Waals surface area contributed by atoms with Crippen LogP contribution in [0.25, 0.3) is 0 Å². The molecule has 7 nitrogen and oxygen atoms in total. The number of carbonyl (C=O) groups is 1. The molecule has 3 N–H and O–H groups in total. The smallest absolute Gasteiger partial charge is 0.242 e. The number of benzene rings is 1. The second kappa shape index (κ2) is 9.96. The Bertz CT molecular complexity index is 910. The van der Waals surface area contributed by atoms with Crippen LogP contribution < -0.4 is 11.1 Å². The van der Waals surface area contributed by atoms with Crippen LogP contribution in [0.1, 0.15) is 41.8 Å². The van der Waals surface area contributed by atoms with Crippen LogP contribution in [-0.4, -0.2) is 25.7 Å². The zero-order valence-electron chi connectivity index (χ0n) is 16.0. The van der Waals surface area contributed by atoms with Gasteiger partial charge in [0.25, 0.3) is 0 Å². The second-order valence-corrected chi connectivity index (χ2v) is 7.96. The SMILES string of the molecule is Cl.N[C@H](Cc1ccccc1)c1nc(CC2CC2)nn1CC(=O)NCc1cscn1. The lowest BCUT2D eigenvalue weighted by molar-refractivity contribution is -0.122. The average Bonchev–Trinajstić information content (AvgIpc) is 3.18. The monoisotopic (exact) mass is 432 g/mol. The molecule has 0 aliphatic heterocycles. The standard InChI is InChI=1S/C20H24N6OS.ClH/c21-17(8-14-4-2-1-3-5-14)20-24-18(9-15-6-7-15)25-26(20)11-19(27)22-10-16-12-28-13-23-16;/h1-5,12-13,15,17H,6-11,21H2,(H,22,27);1H/t17-;/m1./s1. The Labute approximate surface area is 180 Å². The first kappa shape index (κ1) is 21.4. The van der Waals surface area contributed by atoms with Gasteiger partial charge < -0.3 is 11.1 Å². The Kier molecular flexibility index (Phi) is 7.35. The van der Waals surface area contributed by atoms with Crippen LogP contribution >= 0.6 is 23.7 Å². The quantitative estimate of drug-likeness (QED) is 0.541. The molecule has 1 amide bonds. The first-order valence-electron chi connectivity index (χ1n) is 9.54. The third-order valence-corrected chi connectivity index (χ3v) is 5.42. The molecular formula is C20H25ClN6OS. The maximum Gasteiger partial charge on any atom is 0.242 e. The van der Waals surface area contributed by atoms with Crippen LogP contribution in [0.5, 0.6) is 0 Å². The van der Waals surface area contributed by atoms with Gasteiger partial charge in [-0.15, -0.1) is 23.7 Å². The van der Waals surface area contributed by atoms with Gasteiger partial charge in [-0.2, -0.15) is 5.10 Å². The van der Waals surface area contributed by atoms with E-state index >= 15 is 0 Å². The summed E-state index contributed by atoms with van der Waals surface area (Å²) in [7, 11) is 0. The maximum atomic E-state index is 12.4. The van der Waals surface area contributed by atoms with Gasteiger partial charge in [0, 0.05) is 11.8 Å². The van der Waals surface area contributed by atoms with Gasteiger partial charge in [-0.1, -0.05) is 30.3 Å². The van der Waals surface area contributed by atoms with E-state index in [1.165, 1.54) is 24.2 Å². The molecule has 9 heteroatoms. The highest BCUT2D eigenvalue weighted by Gasteiger charge is 2.26. The molecule has 0 spiro atoms. The van der Waals surface area contributed by atoms with Crippen molar-refractivity contribution in [3.05, 3.63) is 64.1 Å². The van der Waals surface area contributed by atoms with E-state index in [1.807, 2.05) is 35.7 Å². The van der Waals surface area contributed by atoms with Crippen molar-refractivity contribution in [2.24, 2.45) is 11.7 Å². The highest BCUT2D eigenvalue weighted by molar-refractivity contribution is 7.07. The van der Waals surface area contributed by atoms with Gasteiger partial charge in [0.1, 0.15) is 12.4 Å². The largest absolute Gasteiger partial charge is 0.349 e. The number of nitrogens with one attached hydrogen (secondary N) is 1. The molecule has 154 valence electrons. The van der Waals surface area contributed by atoms with Gasteiger partial charge in [-0.25, -0.2) is 14.6 Å². The predicted octanol–water partition coefficient (Wildman–Crippen LogP) is 2.67.